The first-order valence-electron chi connectivity index (χ1n) is 12.9. The standard InChI is InChI=1S/C36H25NO/c1-4-12-26(13-5-1)27-20-22-30(23-21-27)37(29-16-8-3-9-17-29)36-31(28-14-6-2-7-15-28)24-25-34-35(36)32-18-10-11-19-33(32)38-34/h1-25H. The van der Waals surface area contributed by atoms with Crippen LogP contribution in [0.3, 0.4) is 0 Å². The maximum Gasteiger partial charge on any atom is 0.137 e. The van der Waals surface area contributed by atoms with Crippen molar-refractivity contribution in [3.63, 3.8) is 0 Å². The Balaban J connectivity index is 1.53. The molecule has 0 spiro atoms. The van der Waals surface area contributed by atoms with Crippen LogP contribution in [0.1, 0.15) is 0 Å². The van der Waals surface area contributed by atoms with Gasteiger partial charge in [0.05, 0.1) is 11.1 Å². The molecule has 180 valence electrons. The van der Waals surface area contributed by atoms with Crippen LogP contribution in [0.15, 0.2) is 156 Å². The van der Waals surface area contributed by atoms with E-state index in [1.807, 2.05) is 12.1 Å². The summed E-state index contributed by atoms with van der Waals surface area (Å²) in [6, 6.07) is 53.1. The smallest absolute Gasteiger partial charge is 0.137 e. The number of hydrogen-bond acceptors (Lipinski definition) is 2. The average molecular weight is 488 g/mol. The number of anilines is 3. The molecule has 0 amide bonds. The predicted octanol–water partition coefficient (Wildman–Crippen LogP) is 10.4. The molecule has 0 N–H and O–H groups in total. The van der Waals surface area contributed by atoms with Crippen LogP contribution in [0, 0.1) is 0 Å². The van der Waals surface area contributed by atoms with Crippen LogP contribution in [0.2, 0.25) is 0 Å². The Hall–Kier alpha value is -5.08. The van der Waals surface area contributed by atoms with Crippen LogP contribution in [-0.4, -0.2) is 0 Å². The van der Waals surface area contributed by atoms with Crippen LogP contribution in [0.4, 0.5) is 17.1 Å². The van der Waals surface area contributed by atoms with Crippen molar-refractivity contribution in [3.05, 3.63) is 152 Å². The zero-order chi connectivity index (χ0) is 25.3. The van der Waals surface area contributed by atoms with Crippen molar-refractivity contribution in [1.29, 1.82) is 0 Å². The summed E-state index contributed by atoms with van der Waals surface area (Å²) in [6.07, 6.45) is 0. The highest BCUT2D eigenvalue weighted by molar-refractivity contribution is 6.17. The lowest BCUT2D eigenvalue weighted by Crippen LogP contribution is -2.11. The van der Waals surface area contributed by atoms with E-state index >= 15 is 0 Å². The Morgan fingerprint density at radius 3 is 1.66 bits per heavy atom. The van der Waals surface area contributed by atoms with Crippen LogP contribution < -0.4 is 4.90 Å². The first-order valence-corrected chi connectivity index (χ1v) is 12.9. The van der Waals surface area contributed by atoms with Crippen molar-refractivity contribution in [2.24, 2.45) is 0 Å². The van der Waals surface area contributed by atoms with Crippen molar-refractivity contribution in [2.75, 3.05) is 4.90 Å². The molecule has 0 fully saturated rings. The van der Waals surface area contributed by atoms with Crippen LogP contribution >= 0.6 is 0 Å². The second-order valence-electron chi connectivity index (χ2n) is 9.38. The molecule has 0 bridgehead atoms. The third-order valence-electron chi connectivity index (χ3n) is 7.07. The van der Waals surface area contributed by atoms with Crippen LogP contribution in [-0.2, 0) is 0 Å². The topological polar surface area (TPSA) is 16.4 Å². The second kappa shape index (κ2) is 9.42. The van der Waals surface area contributed by atoms with Crippen LogP contribution in [0.25, 0.3) is 44.2 Å². The van der Waals surface area contributed by atoms with Crippen molar-refractivity contribution < 1.29 is 4.42 Å². The van der Waals surface area contributed by atoms with E-state index in [9.17, 15) is 0 Å². The first-order chi connectivity index (χ1) is 18.9. The minimum Gasteiger partial charge on any atom is -0.456 e. The van der Waals surface area contributed by atoms with Gasteiger partial charge in [-0.1, -0.05) is 109 Å². The van der Waals surface area contributed by atoms with Gasteiger partial charge in [0.2, 0.25) is 0 Å². The van der Waals surface area contributed by atoms with Gasteiger partial charge in [0.25, 0.3) is 0 Å². The second-order valence-corrected chi connectivity index (χ2v) is 9.38. The molecule has 0 unspecified atom stereocenters. The molecule has 0 atom stereocenters. The number of rotatable bonds is 5. The van der Waals surface area contributed by atoms with E-state index in [2.05, 4.69) is 144 Å². The van der Waals surface area contributed by atoms with Crippen molar-refractivity contribution in [2.45, 2.75) is 0 Å². The third kappa shape index (κ3) is 3.84. The fourth-order valence-corrected chi connectivity index (χ4v) is 5.30. The summed E-state index contributed by atoms with van der Waals surface area (Å²) in [5.74, 6) is 0. The minimum atomic E-state index is 0.878. The Kier molecular flexibility index (Phi) is 5.49. The van der Waals surface area contributed by atoms with Gasteiger partial charge in [0, 0.05) is 22.3 Å². The van der Waals surface area contributed by atoms with Crippen LogP contribution in [0.5, 0.6) is 0 Å². The van der Waals surface area contributed by atoms with E-state index in [1.54, 1.807) is 0 Å². The third-order valence-corrected chi connectivity index (χ3v) is 7.07. The fourth-order valence-electron chi connectivity index (χ4n) is 5.30. The molecule has 2 nitrogen and oxygen atoms in total. The Morgan fingerprint density at radius 2 is 0.947 bits per heavy atom. The average Bonchev–Trinajstić information content (AvgIpc) is 3.38. The quantitative estimate of drug-likeness (QED) is 0.240. The van der Waals surface area contributed by atoms with E-state index in [0.29, 0.717) is 0 Å². The van der Waals surface area contributed by atoms with E-state index in [1.165, 1.54) is 11.1 Å². The largest absolute Gasteiger partial charge is 0.456 e. The highest BCUT2D eigenvalue weighted by atomic mass is 16.3. The summed E-state index contributed by atoms with van der Waals surface area (Å²) in [6.45, 7) is 0. The minimum absolute atomic E-state index is 0.878. The molecule has 0 aliphatic heterocycles. The van der Waals surface area contributed by atoms with Gasteiger partial charge in [-0.25, -0.2) is 0 Å². The van der Waals surface area contributed by atoms with Gasteiger partial charge in [-0.2, -0.15) is 0 Å². The highest BCUT2D eigenvalue weighted by Crippen LogP contribution is 2.48. The monoisotopic (exact) mass is 487 g/mol. The molecular weight excluding hydrogens is 462 g/mol. The Morgan fingerprint density at radius 1 is 0.395 bits per heavy atom. The Labute approximate surface area is 222 Å². The molecule has 6 aromatic carbocycles. The summed E-state index contributed by atoms with van der Waals surface area (Å²) in [5.41, 5.74) is 9.77. The molecule has 7 rings (SSSR count). The molecule has 2 heteroatoms. The summed E-state index contributed by atoms with van der Waals surface area (Å²) >= 11 is 0. The molecule has 1 aromatic heterocycles. The number of para-hydroxylation sites is 2. The maximum atomic E-state index is 6.36. The molecule has 0 aliphatic rings. The fraction of sp³-hybridized carbons (Fsp3) is 0. The molecule has 0 aliphatic carbocycles. The molecule has 7 aromatic rings. The van der Waals surface area contributed by atoms with Gasteiger partial charge in [-0.05, 0) is 59.2 Å². The number of hydrogen-bond donors (Lipinski definition) is 0. The van der Waals surface area contributed by atoms with Gasteiger partial charge in [-0.15, -0.1) is 0 Å². The Bertz CT molecular complexity index is 1840. The van der Waals surface area contributed by atoms with Gasteiger partial charge >= 0.3 is 0 Å². The van der Waals surface area contributed by atoms with Crippen molar-refractivity contribution in [1.82, 2.24) is 0 Å². The van der Waals surface area contributed by atoms with E-state index in [-0.39, 0.29) is 0 Å². The number of nitrogens with zero attached hydrogens (tertiary/aromatic N) is 1. The summed E-state index contributed by atoms with van der Waals surface area (Å²) in [7, 11) is 0. The van der Waals surface area contributed by atoms with E-state index in [4.69, 9.17) is 4.42 Å². The molecule has 38 heavy (non-hydrogen) atoms. The number of furan rings is 1. The highest BCUT2D eigenvalue weighted by Gasteiger charge is 2.23. The lowest BCUT2D eigenvalue weighted by molar-refractivity contribution is 0.669. The summed E-state index contributed by atoms with van der Waals surface area (Å²) < 4.78 is 6.36. The number of benzene rings is 6. The molecule has 1 heterocycles. The molecule has 0 saturated heterocycles. The van der Waals surface area contributed by atoms with Gasteiger partial charge < -0.3 is 9.32 Å². The van der Waals surface area contributed by atoms with Gasteiger partial charge in [-0.3, -0.25) is 0 Å². The maximum absolute atomic E-state index is 6.36. The molecule has 0 saturated carbocycles. The van der Waals surface area contributed by atoms with Gasteiger partial charge in [0.1, 0.15) is 11.2 Å². The summed E-state index contributed by atoms with van der Waals surface area (Å²) in [5, 5.41) is 2.22. The predicted molar refractivity (Wildman–Crippen MR) is 159 cm³/mol. The van der Waals surface area contributed by atoms with E-state index in [0.717, 1.165) is 50.1 Å². The summed E-state index contributed by atoms with van der Waals surface area (Å²) in [4.78, 5) is 2.36. The SMILES string of the molecule is c1ccc(-c2ccc(N(c3ccccc3)c3c(-c4ccccc4)ccc4oc5ccccc5c34)cc2)cc1. The lowest BCUT2D eigenvalue weighted by atomic mass is 9.97. The number of fused-ring (bicyclic) bond motifs is 3. The normalized spacial score (nSPS) is 11.2. The molecular formula is C36H25NO. The van der Waals surface area contributed by atoms with Gasteiger partial charge in [0.15, 0.2) is 0 Å². The van der Waals surface area contributed by atoms with Crippen molar-refractivity contribution in [3.8, 4) is 22.3 Å². The molecule has 0 radical (unpaired) electrons. The van der Waals surface area contributed by atoms with E-state index < -0.39 is 0 Å². The van der Waals surface area contributed by atoms with Crippen molar-refractivity contribution >= 4 is 39.0 Å². The first kappa shape index (κ1) is 22.1. The zero-order valence-electron chi connectivity index (χ0n) is 20.8. The lowest BCUT2D eigenvalue weighted by Gasteiger charge is -2.29. The zero-order valence-corrected chi connectivity index (χ0v) is 20.8.